The first-order valence-electron chi connectivity index (χ1n) is 6.00. The zero-order valence-corrected chi connectivity index (χ0v) is 9.71. The minimum absolute atomic E-state index is 0.216. The maximum atomic E-state index is 11.2. The molecule has 2 fully saturated rings. The van der Waals surface area contributed by atoms with Gasteiger partial charge in [-0.1, -0.05) is 13.8 Å². The summed E-state index contributed by atoms with van der Waals surface area (Å²) >= 11 is 0. The van der Waals surface area contributed by atoms with Gasteiger partial charge in [0.1, 0.15) is 0 Å². The van der Waals surface area contributed by atoms with Crippen LogP contribution in [-0.4, -0.2) is 25.2 Å². The van der Waals surface area contributed by atoms with Crippen LogP contribution in [0.2, 0.25) is 0 Å². The van der Waals surface area contributed by atoms with E-state index >= 15 is 0 Å². The van der Waals surface area contributed by atoms with Crippen molar-refractivity contribution < 1.29 is 9.53 Å². The number of hydrogen-bond acceptors (Lipinski definition) is 2. The molecule has 2 rings (SSSR count). The predicted molar refractivity (Wildman–Crippen MR) is 58.5 cm³/mol. The first-order chi connectivity index (χ1) is 7.11. The third kappa shape index (κ3) is 2.33. The molecule has 2 aliphatic heterocycles. The van der Waals surface area contributed by atoms with E-state index in [0.29, 0.717) is 23.9 Å². The van der Waals surface area contributed by atoms with Crippen molar-refractivity contribution in [2.24, 2.45) is 11.3 Å². The Bertz CT molecular complexity index is 240. The molecule has 0 bridgehead atoms. The summed E-state index contributed by atoms with van der Waals surface area (Å²) in [5.41, 5.74) is 0.334. The zero-order valence-electron chi connectivity index (χ0n) is 9.71. The molecular weight excluding hydrogens is 190 g/mol. The van der Waals surface area contributed by atoms with Crippen LogP contribution in [0.15, 0.2) is 0 Å². The maximum Gasteiger partial charge on any atom is 0.220 e. The lowest BCUT2D eigenvalue weighted by Crippen LogP contribution is -2.49. The Morgan fingerprint density at radius 2 is 2.27 bits per heavy atom. The van der Waals surface area contributed by atoms with Gasteiger partial charge in [0.05, 0.1) is 6.10 Å². The molecule has 0 aromatic carbocycles. The molecule has 2 unspecified atom stereocenters. The quantitative estimate of drug-likeness (QED) is 0.717. The Hall–Kier alpha value is -0.570. The van der Waals surface area contributed by atoms with Gasteiger partial charge in [-0.15, -0.1) is 0 Å². The van der Waals surface area contributed by atoms with E-state index in [1.165, 1.54) is 0 Å². The van der Waals surface area contributed by atoms with E-state index < -0.39 is 0 Å². The van der Waals surface area contributed by atoms with E-state index in [9.17, 15) is 4.79 Å². The molecule has 0 saturated carbocycles. The molecule has 2 saturated heterocycles. The number of piperidine rings is 1. The number of ether oxygens (including phenoxy) is 1. The second kappa shape index (κ2) is 4.12. The highest BCUT2D eigenvalue weighted by atomic mass is 16.5. The molecule has 1 amide bonds. The number of nitrogens with one attached hydrogen (secondary N) is 1. The minimum Gasteiger partial charge on any atom is -0.378 e. The summed E-state index contributed by atoms with van der Waals surface area (Å²) in [7, 11) is 0. The number of hydrogen-bond donors (Lipinski definition) is 1. The summed E-state index contributed by atoms with van der Waals surface area (Å²) in [6, 6.07) is 0. The number of carbonyl (C=O) groups excluding carboxylic acids is 1. The molecular formula is C12H21NO2. The van der Waals surface area contributed by atoms with Gasteiger partial charge < -0.3 is 10.1 Å². The van der Waals surface area contributed by atoms with Gasteiger partial charge in [0.25, 0.3) is 0 Å². The smallest absolute Gasteiger partial charge is 0.220 e. The van der Waals surface area contributed by atoms with Crippen LogP contribution in [0.25, 0.3) is 0 Å². The fourth-order valence-electron chi connectivity index (χ4n) is 2.67. The predicted octanol–water partition coefficient (Wildman–Crippen LogP) is 1.72. The van der Waals surface area contributed by atoms with Crippen molar-refractivity contribution in [2.45, 2.75) is 45.6 Å². The Kier molecular flexibility index (Phi) is 3.01. The molecule has 0 radical (unpaired) electrons. The van der Waals surface area contributed by atoms with Gasteiger partial charge in [-0.3, -0.25) is 4.79 Å². The van der Waals surface area contributed by atoms with Crippen LogP contribution >= 0.6 is 0 Å². The largest absolute Gasteiger partial charge is 0.378 e. The minimum atomic E-state index is 0.216. The lowest BCUT2D eigenvalue weighted by atomic mass is 9.71. The molecule has 2 atom stereocenters. The highest BCUT2D eigenvalue weighted by Gasteiger charge is 2.40. The summed E-state index contributed by atoms with van der Waals surface area (Å²) < 4.78 is 5.78. The maximum absolute atomic E-state index is 11.2. The monoisotopic (exact) mass is 211 g/mol. The van der Waals surface area contributed by atoms with Crippen molar-refractivity contribution in [3.63, 3.8) is 0 Å². The van der Waals surface area contributed by atoms with Gasteiger partial charge in [0.2, 0.25) is 5.91 Å². The molecule has 2 heterocycles. The Morgan fingerprint density at radius 1 is 1.47 bits per heavy atom. The summed E-state index contributed by atoms with van der Waals surface area (Å²) in [5.74, 6) is 0.799. The van der Waals surface area contributed by atoms with Gasteiger partial charge in [-0.05, 0) is 30.6 Å². The van der Waals surface area contributed by atoms with Crippen LogP contribution < -0.4 is 5.32 Å². The molecule has 0 aromatic rings. The number of rotatable bonds is 1. The van der Waals surface area contributed by atoms with Crippen LogP contribution in [0.4, 0.5) is 0 Å². The molecule has 1 spiro atoms. The van der Waals surface area contributed by atoms with Crippen LogP contribution in [0, 0.1) is 11.3 Å². The summed E-state index contributed by atoms with van der Waals surface area (Å²) in [4.78, 5) is 11.2. The van der Waals surface area contributed by atoms with Crippen molar-refractivity contribution in [1.29, 1.82) is 0 Å². The van der Waals surface area contributed by atoms with Crippen molar-refractivity contribution in [1.82, 2.24) is 5.32 Å². The fourth-order valence-corrected chi connectivity index (χ4v) is 2.67. The van der Waals surface area contributed by atoms with Crippen molar-refractivity contribution in [3.8, 4) is 0 Å². The summed E-state index contributed by atoms with van der Waals surface area (Å²) in [6.45, 7) is 6.15. The third-order valence-electron chi connectivity index (χ3n) is 3.89. The zero-order chi connectivity index (χ0) is 10.9. The summed E-state index contributed by atoms with van der Waals surface area (Å²) in [5, 5.41) is 3.01. The Labute approximate surface area is 91.6 Å². The topological polar surface area (TPSA) is 38.3 Å². The highest BCUT2D eigenvalue weighted by molar-refractivity contribution is 5.76. The van der Waals surface area contributed by atoms with Crippen molar-refractivity contribution >= 4 is 5.91 Å². The second-order valence-electron chi connectivity index (χ2n) is 5.38. The van der Waals surface area contributed by atoms with Gasteiger partial charge >= 0.3 is 0 Å². The van der Waals surface area contributed by atoms with E-state index in [-0.39, 0.29) is 5.91 Å². The van der Waals surface area contributed by atoms with E-state index in [0.717, 1.165) is 32.4 Å². The molecule has 0 aromatic heterocycles. The Morgan fingerprint density at radius 3 is 2.87 bits per heavy atom. The highest BCUT2D eigenvalue weighted by Crippen LogP contribution is 2.40. The average Bonchev–Trinajstić information content (AvgIpc) is 2.23. The van der Waals surface area contributed by atoms with E-state index in [1.807, 2.05) is 0 Å². The lowest BCUT2D eigenvalue weighted by molar-refractivity contribution is -0.129. The fraction of sp³-hybridized carbons (Fsp3) is 0.917. The molecule has 86 valence electrons. The molecule has 3 heteroatoms. The van der Waals surface area contributed by atoms with Gasteiger partial charge in [0.15, 0.2) is 0 Å². The number of amides is 1. The van der Waals surface area contributed by atoms with Crippen LogP contribution in [0.5, 0.6) is 0 Å². The van der Waals surface area contributed by atoms with Gasteiger partial charge in [-0.25, -0.2) is 0 Å². The standard InChI is InChI=1S/C12H21NO2/c1-9(2)10-7-12(5-6-15-10)4-3-11(14)13-8-12/h9-10H,3-8H2,1-2H3,(H,13,14). The van der Waals surface area contributed by atoms with Gasteiger partial charge in [0, 0.05) is 19.6 Å². The molecule has 1 N–H and O–H groups in total. The molecule has 3 nitrogen and oxygen atoms in total. The molecule has 0 aliphatic carbocycles. The third-order valence-corrected chi connectivity index (χ3v) is 3.89. The van der Waals surface area contributed by atoms with Crippen LogP contribution in [0.3, 0.4) is 0 Å². The first kappa shape index (κ1) is 10.9. The molecule has 15 heavy (non-hydrogen) atoms. The van der Waals surface area contributed by atoms with Crippen LogP contribution in [0.1, 0.15) is 39.5 Å². The Balaban J connectivity index is 1.99. The lowest BCUT2D eigenvalue weighted by Gasteiger charge is -2.44. The number of carbonyl (C=O) groups is 1. The normalized spacial score (nSPS) is 37.0. The van der Waals surface area contributed by atoms with Crippen molar-refractivity contribution in [2.75, 3.05) is 13.2 Å². The van der Waals surface area contributed by atoms with E-state index in [1.54, 1.807) is 0 Å². The summed E-state index contributed by atoms with van der Waals surface area (Å²) in [6.07, 6.45) is 4.35. The first-order valence-corrected chi connectivity index (χ1v) is 6.00. The SMILES string of the molecule is CC(C)C1CC2(CCO1)CCC(=O)NC2. The van der Waals surface area contributed by atoms with Gasteiger partial charge in [-0.2, -0.15) is 0 Å². The van der Waals surface area contributed by atoms with Crippen LogP contribution in [-0.2, 0) is 9.53 Å². The van der Waals surface area contributed by atoms with E-state index in [4.69, 9.17) is 4.74 Å². The van der Waals surface area contributed by atoms with E-state index in [2.05, 4.69) is 19.2 Å². The van der Waals surface area contributed by atoms with Crippen molar-refractivity contribution in [3.05, 3.63) is 0 Å². The second-order valence-corrected chi connectivity index (χ2v) is 5.38. The average molecular weight is 211 g/mol. The molecule has 2 aliphatic rings.